The molecule has 0 saturated carbocycles. The van der Waals surface area contributed by atoms with Crippen molar-refractivity contribution in [1.82, 2.24) is 25.3 Å². The number of amides is 4. The fraction of sp³-hybridized carbons (Fsp3) is 0.560. The molecular formula is C25H36ClN5O4. The Labute approximate surface area is 212 Å². The maximum absolute atomic E-state index is 13.2. The number of halogens is 1. The predicted octanol–water partition coefficient (Wildman–Crippen LogP) is 3.37. The molecule has 3 rings (SSSR count). The average Bonchev–Trinajstić information content (AvgIpc) is 3.02. The van der Waals surface area contributed by atoms with Gasteiger partial charge in [-0.15, -0.1) is 0 Å². The highest BCUT2D eigenvalue weighted by molar-refractivity contribution is 6.31. The Hall–Kier alpha value is -2.78. The minimum absolute atomic E-state index is 0.0845. The Bertz CT molecular complexity index is 990. The van der Waals surface area contributed by atoms with Crippen LogP contribution in [0.4, 0.5) is 9.59 Å². The molecule has 2 N–H and O–H groups in total. The molecule has 0 aromatic heterocycles. The van der Waals surface area contributed by atoms with Gasteiger partial charge < -0.3 is 20.3 Å². The predicted molar refractivity (Wildman–Crippen MR) is 135 cm³/mol. The van der Waals surface area contributed by atoms with Crippen molar-refractivity contribution in [1.29, 1.82) is 0 Å². The molecule has 1 aromatic rings. The van der Waals surface area contributed by atoms with Crippen molar-refractivity contribution < 1.29 is 19.1 Å². The monoisotopic (exact) mass is 505 g/mol. The quantitative estimate of drug-likeness (QED) is 0.598. The van der Waals surface area contributed by atoms with E-state index >= 15 is 0 Å². The summed E-state index contributed by atoms with van der Waals surface area (Å²) in [4.78, 5) is 44.2. The van der Waals surface area contributed by atoms with Gasteiger partial charge in [0.25, 0.3) is 0 Å². The third-order valence-corrected chi connectivity index (χ3v) is 6.36. The number of likely N-dealkylation sites (N-methyl/N-ethyl adjacent to an activating group) is 1. The SMILES string of the molecule is CCOC(=O)C1=C(CN2CCCN(C(=O)NC(C)(C)C)CC2)N(C)C(=O)N[C@@H]1c1ccccc1Cl. The Kier molecular flexibility index (Phi) is 8.66. The number of urea groups is 2. The molecule has 4 amide bonds. The minimum atomic E-state index is -0.720. The van der Waals surface area contributed by atoms with Crippen LogP contribution in [-0.2, 0) is 9.53 Å². The van der Waals surface area contributed by atoms with Crippen LogP contribution in [0.1, 0.15) is 45.7 Å². The summed E-state index contributed by atoms with van der Waals surface area (Å²) in [6.45, 7) is 10.7. The number of carbonyl (C=O) groups is 3. The number of ether oxygens (including phenoxy) is 1. The van der Waals surface area contributed by atoms with E-state index in [-0.39, 0.29) is 24.2 Å². The summed E-state index contributed by atoms with van der Waals surface area (Å²) in [6.07, 6.45) is 0.781. The fourth-order valence-electron chi connectivity index (χ4n) is 4.28. The van der Waals surface area contributed by atoms with Crippen molar-refractivity contribution in [2.75, 3.05) is 46.4 Å². The van der Waals surface area contributed by atoms with Crippen molar-refractivity contribution in [3.05, 3.63) is 46.1 Å². The Morgan fingerprint density at radius 2 is 1.89 bits per heavy atom. The lowest BCUT2D eigenvalue weighted by atomic mass is 9.94. The molecule has 0 unspecified atom stereocenters. The second-order valence-corrected chi connectivity index (χ2v) is 10.2. The van der Waals surface area contributed by atoms with Crippen LogP contribution >= 0.6 is 11.6 Å². The summed E-state index contributed by atoms with van der Waals surface area (Å²) in [7, 11) is 1.65. The molecular weight excluding hydrogens is 470 g/mol. The normalized spacial score (nSPS) is 19.8. The van der Waals surface area contributed by atoms with Gasteiger partial charge in [0.1, 0.15) is 0 Å². The van der Waals surface area contributed by atoms with Gasteiger partial charge in [0, 0.05) is 56.0 Å². The summed E-state index contributed by atoms with van der Waals surface area (Å²) >= 11 is 6.45. The van der Waals surface area contributed by atoms with E-state index in [2.05, 4.69) is 15.5 Å². The summed E-state index contributed by atoms with van der Waals surface area (Å²) in [6, 6.07) is 6.03. The lowest BCUT2D eigenvalue weighted by molar-refractivity contribution is -0.139. The van der Waals surface area contributed by atoms with Gasteiger partial charge in [-0.25, -0.2) is 14.4 Å². The highest BCUT2D eigenvalue weighted by Crippen LogP contribution is 2.34. The van der Waals surface area contributed by atoms with Gasteiger partial charge in [0.05, 0.1) is 18.2 Å². The number of nitrogens with one attached hydrogen (secondary N) is 2. The zero-order valence-corrected chi connectivity index (χ0v) is 21.9. The van der Waals surface area contributed by atoms with Crippen molar-refractivity contribution in [2.45, 2.75) is 45.7 Å². The first-order valence-electron chi connectivity index (χ1n) is 12.0. The molecule has 35 heavy (non-hydrogen) atoms. The number of benzene rings is 1. The highest BCUT2D eigenvalue weighted by Gasteiger charge is 2.38. The van der Waals surface area contributed by atoms with Crippen LogP contribution in [0.3, 0.4) is 0 Å². The first-order chi connectivity index (χ1) is 16.5. The smallest absolute Gasteiger partial charge is 0.338 e. The van der Waals surface area contributed by atoms with Crippen molar-refractivity contribution in [3.8, 4) is 0 Å². The Morgan fingerprint density at radius 3 is 2.54 bits per heavy atom. The van der Waals surface area contributed by atoms with Gasteiger partial charge in [-0.1, -0.05) is 29.8 Å². The van der Waals surface area contributed by atoms with Gasteiger partial charge in [-0.2, -0.15) is 0 Å². The van der Waals surface area contributed by atoms with E-state index < -0.39 is 12.0 Å². The third kappa shape index (κ3) is 6.67. The molecule has 0 radical (unpaired) electrons. The molecule has 2 aliphatic rings. The average molecular weight is 506 g/mol. The number of carbonyl (C=O) groups excluding carboxylic acids is 3. The van der Waals surface area contributed by atoms with E-state index in [0.717, 1.165) is 13.0 Å². The molecule has 1 saturated heterocycles. The van der Waals surface area contributed by atoms with Gasteiger partial charge in [-0.3, -0.25) is 9.80 Å². The number of hydrogen-bond acceptors (Lipinski definition) is 5. The topological polar surface area (TPSA) is 94.2 Å². The minimum Gasteiger partial charge on any atom is -0.463 e. The molecule has 9 nitrogen and oxygen atoms in total. The van der Waals surface area contributed by atoms with Crippen LogP contribution in [0.2, 0.25) is 5.02 Å². The Morgan fingerprint density at radius 1 is 1.17 bits per heavy atom. The van der Waals surface area contributed by atoms with E-state index in [1.165, 1.54) is 4.90 Å². The van der Waals surface area contributed by atoms with Gasteiger partial charge in [-0.05, 0) is 45.7 Å². The molecule has 2 heterocycles. The summed E-state index contributed by atoms with van der Waals surface area (Å²) in [5.41, 5.74) is 1.27. The van der Waals surface area contributed by atoms with E-state index in [0.29, 0.717) is 48.0 Å². The van der Waals surface area contributed by atoms with E-state index in [1.807, 2.05) is 31.7 Å². The fourth-order valence-corrected chi connectivity index (χ4v) is 4.53. The largest absolute Gasteiger partial charge is 0.463 e. The number of nitrogens with zero attached hydrogens (tertiary/aromatic N) is 3. The first kappa shape index (κ1) is 26.8. The maximum Gasteiger partial charge on any atom is 0.338 e. The summed E-state index contributed by atoms with van der Waals surface area (Å²) in [5, 5.41) is 6.37. The standard InChI is InChI=1S/C25H36ClN5O4/c1-6-35-22(32)20-19(29(5)23(33)27-21(20)17-10-7-8-11-18(17)26)16-30-12-9-13-31(15-14-30)24(34)28-25(2,3)4/h7-8,10-11,21H,6,9,12-16H2,1-5H3,(H,27,33)(H,28,34)/t21-/m1/s1. The van der Waals surface area contributed by atoms with Crippen LogP contribution < -0.4 is 10.6 Å². The van der Waals surface area contributed by atoms with E-state index in [1.54, 1.807) is 32.2 Å². The van der Waals surface area contributed by atoms with Crippen molar-refractivity contribution >= 4 is 29.6 Å². The van der Waals surface area contributed by atoms with Crippen LogP contribution in [-0.4, -0.2) is 84.6 Å². The zero-order valence-electron chi connectivity index (χ0n) is 21.2. The van der Waals surface area contributed by atoms with E-state index in [4.69, 9.17) is 16.3 Å². The highest BCUT2D eigenvalue weighted by atomic mass is 35.5. The summed E-state index contributed by atoms with van der Waals surface area (Å²) < 4.78 is 5.40. The second kappa shape index (κ2) is 11.3. The lowest BCUT2D eigenvalue weighted by Crippen LogP contribution is -2.50. The summed E-state index contributed by atoms with van der Waals surface area (Å²) in [5.74, 6) is -0.486. The van der Waals surface area contributed by atoms with Crippen LogP contribution in [0, 0.1) is 0 Å². The molecule has 1 aromatic carbocycles. The molecule has 1 fully saturated rings. The van der Waals surface area contributed by atoms with E-state index in [9.17, 15) is 14.4 Å². The molecule has 0 aliphatic carbocycles. The number of hydrogen-bond donors (Lipinski definition) is 2. The first-order valence-corrected chi connectivity index (χ1v) is 12.4. The number of esters is 1. The molecule has 1 atom stereocenters. The van der Waals surface area contributed by atoms with Crippen LogP contribution in [0.15, 0.2) is 35.5 Å². The van der Waals surface area contributed by atoms with Crippen LogP contribution in [0.5, 0.6) is 0 Å². The molecule has 10 heteroatoms. The molecule has 2 aliphatic heterocycles. The molecule has 0 bridgehead atoms. The van der Waals surface area contributed by atoms with Crippen LogP contribution in [0.25, 0.3) is 0 Å². The number of rotatable bonds is 5. The third-order valence-electron chi connectivity index (χ3n) is 6.02. The Balaban J connectivity index is 1.89. The van der Waals surface area contributed by atoms with Gasteiger partial charge >= 0.3 is 18.0 Å². The molecule has 192 valence electrons. The van der Waals surface area contributed by atoms with Gasteiger partial charge in [0.15, 0.2) is 0 Å². The van der Waals surface area contributed by atoms with Gasteiger partial charge in [0.2, 0.25) is 0 Å². The van der Waals surface area contributed by atoms with Crippen molar-refractivity contribution in [2.24, 2.45) is 0 Å². The zero-order chi connectivity index (χ0) is 25.8. The van der Waals surface area contributed by atoms with Crippen molar-refractivity contribution in [3.63, 3.8) is 0 Å². The second-order valence-electron chi connectivity index (χ2n) is 9.84. The maximum atomic E-state index is 13.2. The molecule has 0 spiro atoms. The lowest BCUT2D eigenvalue weighted by Gasteiger charge is -2.36.